The number of nitrogens with zero attached hydrogens (tertiary/aromatic N) is 5. The van der Waals surface area contributed by atoms with Crippen LogP contribution in [0, 0.1) is 11.3 Å². The number of carbonyl (C=O) groups is 1. The summed E-state index contributed by atoms with van der Waals surface area (Å²) in [4.78, 5) is 26.3. The summed E-state index contributed by atoms with van der Waals surface area (Å²) in [5, 5.41) is 12.1. The van der Waals surface area contributed by atoms with Crippen molar-refractivity contribution in [3.05, 3.63) is 47.2 Å². The fourth-order valence-electron chi connectivity index (χ4n) is 3.84. The molecule has 1 amide bonds. The number of benzene rings is 1. The standard InChI is InChI=1S/C20H22N6O/c1-2-22-20-23-11-17-18(24-20)26-9-3-4-16(26)13-25(19(17)27)12-15-7-5-14(10-21)6-8-15/h5-8,11,16H,2-4,9,12-13H2,1H3,(H,22,23,24)/t16-/m0/s1. The SMILES string of the molecule is CCNc1ncc2c(n1)N1CCC[C@H]1CN(Cc1ccc(C#N)cc1)C2=O. The lowest BCUT2D eigenvalue weighted by Gasteiger charge is -2.27. The zero-order valence-corrected chi connectivity index (χ0v) is 15.4. The number of nitrogens with one attached hydrogen (secondary N) is 1. The quantitative estimate of drug-likeness (QED) is 0.899. The normalized spacial score (nSPS) is 18.5. The number of amides is 1. The van der Waals surface area contributed by atoms with E-state index in [-0.39, 0.29) is 11.9 Å². The van der Waals surface area contributed by atoms with Gasteiger partial charge in [-0.25, -0.2) is 4.98 Å². The van der Waals surface area contributed by atoms with Gasteiger partial charge in [0, 0.05) is 38.4 Å². The molecule has 1 N–H and O–H groups in total. The van der Waals surface area contributed by atoms with E-state index >= 15 is 0 Å². The third-order valence-electron chi connectivity index (χ3n) is 5.16. The molecule has 0 saturated carbocycles. The summed E-state index contributed by atoms with van der Waals surface area (Å²) in [6.07, 6.45) is 3.80. The van der Waals surface area contributed by atoms with E-state index in [0.717, 1.165) is 37.3 Å². The van der Waals surface area contributed by atoms with Crippen LogP contribution in [-0.2, 0) is 6.54 Å². The Hall–Kier alpha value is -3.14. The molecular formula is C20H22N6O. The Labute approximate surface area is 158 Å². The van der Waals surface area contributed by atoms with E-state index in [2.05, 4.69) is 26.3 Å². The smallest absolute Gasteiger partial charge is 0.259 e. The Morgan fingerprint density at radius 1 is 1.33 bits per heavy atom. The number of carbonyl (C=O) groups excluding carboxylic acids is 1. The highest BCUT2D eigenvalue weighted by Gasteiger charge is 2.36. The van der Waals surface area contributed by atoms with Crippen molar-refractivity contribution in [3.8, 4) is 6.07 Å². The van der Waals surface area contributed by atoms with Gasteiger partial charge < -0.3 is 15.1 Å². The van der Waals surface area contributed by atoms with Crippen LogP contribution in [0.5, 0.6) is 0 Å². The van der Waals surface area contributed by atoms with E-state index < -0.39 is 0 Å². The summed E-state index contributed by atoms with van der Waals surface area (Å²) >= 11 is 0. The third-order valence-corrected chi connectivity index (χ3v) is 5.16. The van der Waals surface area contributed by atoms with Crippen LogP contribution < -0.4 is 10.2 Å². The number of anilines is 2. The zero-order chi connectivity index (χ0) is 18.8. The van der Waals surface area contributed by atoms with Crippen LogP contribution in [0.2, 0.25) is 0 Å². The van der Waals surface area contributed by atoms with Gasteiger partial charge >= 0.3 is 0 Å². The summed E-state index contributed by atoms with van der Waals surface area (Å²) in [6, 6.07) is 9.81. The molecule has 7 heteroatoms. The van der Waals surface area contributed by atoms with Crippen molar-refractivity contribution in [3.63, 3.8) is 0 Å². The Morgan fingerprint density at radius 2 is 2.15 bits per heavy atom. The Kier molecular flexibility index (Phi) is 4.63. The first-order chi connectivity index (χ1) is 13.2. The van der Waals surface area contributed by atoms with Crippen LogP contribution in [0.25, 0.3) is 0 Å². The van der Waals surface area contributed by atoms with E-state index in [0.29, 0.717) is 30.2 Å². The topological polar surface area (TPSA) is 85.2 Å². The number of aromatic nitrogens is 2. The predicted molar refractivity (Wildman–Crippen MR) is 102 cm³/mol. The predicted octanol–water partition coefficient (Wildman–Crippen LogP) is 2.40. The summed E-state index contributed by atoms with van der Waals surface area (Å²) < 4.78 is 0. The molecule has 0 bridgehead atoms. The van der Waals surface area contributed by atoms with Gasteiger partial charge in [0.15, 0.2) is 0 Å². The summed E-state index contributed by atoms with van der Waals surface area (Å²) in [6.45, 7) is 4.84. The molecule has 0 aliphatic carbocycles. The van der Waals surface area contributed by atoms with Gasteiger partial charge in [0.2, 0.25) is 5.95 Å². The van der Waals surface area contributed by atoms with Crippen LogP contribution in [0.3, 0.4) is 0 Å². The molecule has 1 aromatic heterocycles. The molecule has 2 aliphatic rings. The molecule has 1 aromatic carbocycles. The second-order valence-electron chi connectivity index (χ2n) is 6.95. The fraction of sp³-hybridized carbons (Fsp3) is 0.400. The number of fused-ring (bicyclic) bond motifs is 3. The molecule has 0 unspecified atom stereocenters. The minimum atomic E-state index is -0.0354. The Bertz CT molecular complexity index is 888. The van der Waals surface area contributed by atoms with E-state index in [1.807, 2.05) is 24.0 Å². The molecule has 27 heavy (non-hydrogen) atoms. The number of hydrogen-bond acceptors (Lipinski definition) is 6. The fourth-order valence-corrected chi connectivity index (χ4v) is 3.84. The second-order valence-corrected chi connectivity index (χ2v) is 6.95. The highest BCUT2D eigenvalue weighted by atomic mass is 16.2. The number of hydrogen-bond donors (Lipinski definition) is 1. The molecular weight excluding hydrogens is 340 g/mol. The number of nitriles is 1. The molecule has 1 fully saturated rings. The maximum atomic E-state index is 13.2. The molecule has 0 radical (unpaired) electrons. The maximum Gasteiger partial charge on any atom is 0.259 e. The van der Waals surface area contributed by atoms with E-state index in [1.165, 1.54) is 0 Å². The van der Waals surface area contributed by atoms with Gasteiger partial charge in [0.1, 0.15) is 11.4 Å². The monoisotopic (exact) mass is 362 g/mol. The molecule has 138 valence electrons. The van der Waals surface area contributed by atoms with Gasteiger partial charge in [-0.15, -0.1) is 0 Å². The maximum absolute atomic E-state index is 13.2. The van der Waals surface area contributed by atoms with Crippen molar-refractivity contribution in [2.45, 2.75) is 32.4 Å². The minimum absolute atomic E-state index is 0.0354. The molecule has 7 nitrogen and oxygen atoms in total. The minimum Gasteiger partial charge on any atom is -0.354 e. The highest BCUT2D eigenvalue weighted by Crippen LogP contribution is 2.32. The van der Waals surface area contributed by atoms with Crippen LogP contribution in [-0.4, -0.2) is 46.5 Å². The molecule has 3 heterocycles. The van der Waals surface area contributed by atoms with Gasteiger partial charge in [-0.05, 0) is 37.5 Å². The average molecular weight is 362 g/mol. The van der Waals surface area contributed by atoms with Crippen LogP contribution in [0.4, 0.5) is 11.8 Å². The molecule has 1 saturated heterocycles. The Balaban J connectivity index is 1.66. The summed E-state index contributed by atoms with van der Waals surface area (Å²) in [7, 11) is 0. The Morgan fingerprint density at radius 3 is 2.89 bits per heavy atom. The first-order valence-corrected chi connectivity index (χ1v) is 9.35. The first kappa shape index (κ1) is 17.3. The van der Waals surface area contributed by atoms with Crippen molar-refractivity contribution in [1.29, 1.82) is 5.26 Å². The van der Waals surface area contributed by atoms with Gasteiger partial charge in [-0.1, -0.05) is 12.1 Å². The average Bonchev–Trinajstić information content (AvgIpc) is 3.12. The van der Waals surface area contributed by atoms with E-state index in [9.17, 15) is 4.79 Å². The van der Waals surface area contributed by atoms with Gasteiger partial charge in [0.25, 0.3) is 5.91 Å². The van der Waals surface area contributed by atoms with Gasteiger partial charge in [0.05, 0.1) is 11.6 Å². The number of rotatable bonds is 4. The largest absolute Gasteiger partial charge is 0.354 e. The van der Waals surface area contributed by atoms with Gasteiger partial charge in [-0.3, -0.25) is 4.79 Å². The van der Waals surface area contributed by atoms with Crippen molar-refractivity contribution in [1.82, 2.24) is 14.9 Å². The van der Waals surface area contributed by atoms with Crippen LogP contribution in [0.15, 0.2) is 30.5 Å². The van der Waals surface area contributed by atoms with Crippen molar-refractivity contribution in [2.75, 3.05) is 29.9 Å². The molecule has 2 aromatic rings. The van der Waals surface area contributed by atoms with E-state index in [1.54, 1.807) is 18.3 Å². The van der Waals surface area contributed by atoms with Crippen molar-refractivity contribution in [2.24, 2.45) is 0 Å². The highest BCUT2D eigenvalue weighted by molar-refractivity contribution is 5.99. The molecule has 1 atom stereocenters. The first-order valence-electron chi connectivity index (χ1n) is 9.35. The molecule has 0 spiro atoms. The third kappa shape index (κ3) is 3.31. The lowest BCUT2D eigenvalue weighted by molar-refractivity contribution is 0.0741. The van der Waals surface area contributed by atoms with E-state index in [4.69, 9.17) is 5.26 Å². The zero-order valence-electron chi connectivity index (χ0n) is 15.4. The lowest BCUT2D eigenvalue weighted by Crippen LogP contribution is -2.39. The van der Waals surface area contributed by atoms with Crippen LogP contribution >= 0.6 is 0 Å². The van der Waals surface area contributed by atoms with Crippen LogP contribution in [0.1, 0.15) is 41.3 Å². The molecule has 2 aliphatic heterocycles. The van der Waals surface area contributed by atoms with Crippen molar-refractivity contribution < 1.29 is 4.79 Å². The van der Waals surface area contributed by atoms with Crippen molar-refractivity contribution >= 4 is 17.7 Å². The lowest BCUT2D eigenvalue weighted by atomic mass is 10.1. The summed E-state index contributed by atoms with van der Waals surface area (Å²) in [5.41, 5.74) is 2.20. The second kappa shape index (κ2) is 7.23. The summed E-state index contributed by atoms with van der Waals surface area (Å²) in [5.74, 6) is 1.28. The van der Waals surface area contributed by atoms with Gasteiger partial charge in [-0.2, -0.15) is 10.2 Å². The molecule has 4 rings (SSSR count).